The van der Waals surface area contributed by atoms with E-state index in [9.17, 15) is 5.11 Å². The van der Waals surface area contributed by atoms with E-state index < -0.39 is 5.60 Å². The number of hydrogen-bond donors (Lipinski definition) is 1. The van der Waals surface area contributed by atoms with Crippen LogP contribution in [-0.4, -0.2) is 22.8 Å². The van der Waals surface area contributed by atoms with Gasteiger partial charge in [-0.3, -0.25) is 0 Å². The lowest BCUT2D eigenvalue weighted by atomic mass is 9.95. The summed E-state index contributed by atoms with van der Waals surface area (Å²) in [7, 11) is 0. The van der Waals surface area contributed by atoms with E-state index in [1.807, 2.05) is 13.8 Å². The van der Waals surface area contributed by atoms with Gasteiger partial charge in [-0.05, 0) is 52.2 Å². The summed E-state index contributed by atoms with van der Waals surface area (Å²) >= 11 is 0. The molecule has 0 bridgehead atoms. The quantitative estimate of drug-likeness (QED) is 0.887. The third-order valence-corrected chi connectivity index (χ3v) is 3.63. The van der Waals surface area contributed by atoms with Crippen LogP contribution in [0, 0.1) is 0 Å². The van der Waals surface area contributed by atoms with Crippen molar-refractivity contribution in [1.82, 2.24) is 0 Å². The zero-order valence-corrected chi connectivity index (χ0v) is 12.2. The third kappa shape index (κ3) is 2.54. The zero-order valence-electron chi connectivity index (χ0n) is 12.2. The van der Waals surface area contributed by atoms with Gasteiger partial charge in [-0.1, -0.05) is 18.2 Å². The van der Waals surface area contributed by atoms with Crippen LogP contribution in [0.5, 0.6) is 0 Å². The van der Waals surface area contributed by atoms with Crippen molar-refractivity contribution in [2.45, 2.75) is 65.1 Å². The van der Waals surface area contributed by atoms with Crippen LogP contribution >= 0.6 is 0 Å². The SMILES string of the molecule is CC(C)N1c2c(cccc2CC(C)(C)O)CC1C. The van der Waals surface area contributed by atoms with E-state index in [1.54, 1.807) is 0 Å². The Morgan fingerprint density at radius 1 is 1.39 bits per heavy atom. The summed E-state index contributed by atoms with van der Waals surface area (Å²) in [6.07, 6.45) is 1.83. The smallest absolute Gasteiger partial charge is 0.0632 e. The molecular weight excluding hydrogens is 222 g/mol. The molecule has 100 valence electrons. The average molecular weight is 247 g/mol. The second-order valence-electron chi connectivity index (χ2n) is 6.47. The minimum absolute atomic E-state index is 0.504. The monoisotopic (exact) mass is 247 g/mol. The van der Waals surface area contributed by atoms with Gasteiger partial charge in [-0.15, -0.1) is 0 Å². The van der Waals surface area contributed by atoms with Gasteiger partial charge in [-0.25, -0.2) is 0 Å². The fourth-order valence-corrected chi connectivity index (χ4v) is 3.15. The van der Waals surface area contributed by atoms with E-state index in [0.717, 1.165) is 6.42 Å². The number of fused-ring (bicyclic) bond motifs is 1. The molecule has 0 saturated carbocycles. The van der Waals surface area contributed by atoms with E-state index in [4.69, 9.17) is 0 Å². The molecule has 0 spiro atoms. The van der Waals surface area contributed by atoms with Crippen molar-refractivity contribution < 1.29 is 5.11 Å². The normalized spacial score (nSPS) is 19.5. The van der Waals surface area contributed by atoms with Crippen LogP contribution in [0.25, 0.3) is 0 Å². The largest absolute Gasteiger partial charge is 0.390 e. The molecule has 2 rings (SSSR count). The van der Waals surface area contributed by atoms with Crippen molar-refractivity contribution in [3.05, 3.63) is 29.3 Å². The second kappa shape index (κ2) is 4.58. The molecule has 1 atom stereocenters. The summed E-state index contributed by atoms with van der Waals surface area (Å²) in [6.45, 7) is 10.5. The Kier molecular flexibility index (Phi) is 3.41. The van der Waals surface area contributed by atoms with Gasteiger partial charge in [0.1, 0.15) is 0 Å². The maximum absolute atomic E-state index is 10.1. The van der Waals surface area contributed by atoms with Crippen LogP contribution in [0.1, 0.15) is 45.7 Å². The number of hydrogen-bond acceptors (Lipinski definition) is 2. The Morgan fingerprint density at radius 3 is 2.61 bits per heavy atom. The Balaban J connectivity index is 2.44. The molecule has 1 aromatic carbocycles. The van der Waals surface area contributed by atoms with Gasteiger partial charge in [0.25, 0.3) is 0 Å². The van der Waals surface area contributed by atoms with Crippen molar-refractivity contribution >= 4 is 5.69 Å². The average Bonchev–Trinajstić information content (AvgIpc) is 2.52. The number of para-hydroxylation sites is 1. The minimum atomic E-state index is -0.649. The topological polar surface area (TPSA) is 23.5 Å². The van der Waals surface area contributed by atoms with Crippen LogP contribution in [-0.2, 0) is 12.8 Å². The Hall–Kier alpha value is -1.02. The fraction of sp³-hybridized carbons (Fsp3) is 0.625. The molecule has 1 aromatic rings. The van der Waals surface area contributed by atoms with Gasteiger partial charge in [0, 0.05) is 24.2 Å². The first kappa shape index (κ1) is 13.4. The number of nitrogens with zero attached hydrogens (tertiary/aromatic N) is 1. The van der Waals surface area contributed by atoms with E-state index in [0.29, 0.717) is 18.5 Å². The van der Waals surface area contributed by atoms with Gasteiger partial charge < -0.3 is 10.0 Å². The summed E-state index contributed by atoms with van der Waals surface area (Å²) < 4.78 is 0. The first-order valence-electron chi connectivity index (χ1n) is 6.91. The van der Waals surface area contributed by atoms with Gasteiger partial charge >= 0.3 is 0 Å². The highest BCUT2D eigenvalue weighted by molar-refractivity contribution is 5.65. The molecule has 0 radical (unpaired) electrons. The fourth-order valence-electron chi connectivity index (χ4n) is 3.15. The molecule has 0 amide bonds. The Labute approximate surface area is 111 Å². The molecule has 1 aliphatic rings. The maximum Gasteiger partial charge on any atom is 0.0632 e. The van der Waals surface area contributed by atoms with Crippen LogP contribution < -0.4 is 4.90 Å². The number of anilines is 1. The lowest BCUT2D eigenvalue weighted by Gasteiger charge is -2.32. The summed E-state index contributed by atoms with van der Waals surface area (Å²) in [5.41, 5.74) is 3.42. The molecular formula is C16H25NO. The predicted molar refractivity (Wildman–Crippen MR) is 77.2 cm³/mol. The Bertz CT molecular complexity index is 431. The molecule has 0 fully saturated rings. The molecule has 1 unspecified atom stereocenters. The molecule has 1 heterocycles. The molecule has 0 saturated heterocycles. The van der Waals surface area contributed by atoms with Crippen LogP contribution in [0.2, 0.25) is 0 Å². The second-order valence-corrected chi connectivity index (χ2v) is 6.47. The maximum atomic E-state index is 10.1. The van der Waals surface area contributed by atoms with Crippen LogP contribution in [0.3, 0.4) is 0 Å². The highest BCUT2D eigenvalue weighted by Crippen LogP contribution is 2.38. The molecule has 0 aromatic heterocycles. The first-order valence-corrected chi connectivity index (χ1v) is 6.91. The van der Waals surface area contributed by atoms with Gasteiger partial charge in [0.2, 0.25) is 0 Å². The van der Waals surface area contributed by atoms with Crippen molar-refractivity contribution in [1.29, 1.82) is 0 Å². The van der Waals surface area contributed by atoms with Crippen LogP contribution in [0.4, 0.5) is 5.69 Å². The zero-order chi connectivity index (χ0) is 13.5. The summed E-state index contributed by atoms with van der Waals surface area (Å²) in [4.78, 5) is 2.50. The molecule has 18 heavy (non-hydrogen) atoms. The van der Waals surface area contributed by atoms with E-state index in [1.165, 1.54) is 16.8 Å². The highest BCUT2D eigenvalue weighted by Gasteiger charge is 2.31. The van der Waals surface area contributed by atoms with E-state index in [2.05, 4.69) is 43.9 Å². The third-order valence-electron chi connectivity index (χ3n) is 3.63. The minimum Gasteiger partial charge on any atom is -0.390 e. The molecule has 1 N–H and O–H groups in total. The van der Waals surface area contributed by atoms with Crippen molar-refractivity contribution in [3.63, 3.8) is 0 Å². The Morgan fingerprint density at radius 2 is 2.06 bits per heavy atom. The van der Waals surface area contributed by atoms with Gasteiger partial charge in [0.05, 0.1) is 5.60 Å². The van der Waals surface area contributed by atoms with E-state index in [-0.39, 0.29) is 0 Å². The molecule has 1 aliphatic heterocycles. The predicted octanol–water partition coefficient (Wildman–Crippen LogP) is 3.16. The van der Waals surface area contributed by atoms with Gasteiger partial charge in [-0.2, -0.15) is 0 Å². The first-order chi connectivity index (χ1) is 8.29. The van der Waals surface area contributed by atoms with Crippen molar-refractivity contribution in [2.24, 2.45) is 0 Å². The van der Waals surface area contributed by atoms with Gasteiger partial charge in [0.15, 0.2) is 0 Å². The standard InChI is InChI=1S/C16H25NO/c1-11(2)17-12(3)9-13-7-6-8-14(15(13)17)10-16(4,5)18/h6-8,11-12,18H,9-10H2,1-5H3. The molecule has 0 aliphatic carbocycles. The van der Waals surface area contributed by atoms with Crippen molar-refractivity contribution in [2.75, 3.05) is 4.90 Å². The van der Waals surface area contributed by atoms with Crippen molar-refractivity contribution in [3.8, 4) is 0 Å². The number of rotatable bonds is 3. The molecule has 2 heteroatoms. The highest BCUT2D eigenvalue weighted by atomic mass is 16.3. The molecule has 2 nitrogen and oxygen atoms in total. The lowest BCUT2D eigenvalue weighted by Crippen LogP contribution is -2.36. The number of benzene rings is 1. The lowest BCUT2D eigenvalue weighted by molar-refractivity contribution is 0.0811. The summed E-state index contributed by atoms with van der Waals surface area (Å²) in [5.74, 6) is 0. The van der Waals surface area contributed by atoms with E-state index >= 15 is 0 Å². The van der Waals surface area contributed by atoms with Crippen LogP contribution in [0.15, 0.2) is 18.2 Å². The number of aliphatic hydroxyl groups is 1. The summed E-state index contributed by atoms with van der Waals surface area (Å²) in [6, 6.07) is 7.56. The summed E-state index contributed by atoms with van der Waals surface area (Å²) in [5, 5.41) is 10.1.